The fourth-order valence-electron chi connectivity index (χ4n) is 1.91. The zero-order chi connectivity index (χ0) is 9.47. The van der Waals surface area contributed by atoms with Crippen molar-refractivity contribution < 1.29 is 9.53 Å². The Morgan fingerprint density at radius 2 is 2.15 bits per heavy atom. The van der Waals surface area contributed by atoms with Gasteiger partial charge < -0.3 is 9.30 Å². The Balaban J connectivity index is 2.53. The van der Waals surface area contributed by atoms with Crippen molar-refractivity contribution in [1.29, 1.82) is 0 Å². The maximum atomic E-state index is 11.4. The predicted molar refractivity (Wildman–Crippen MR) is 48.4 cm³/mol. The van der Waals surface area contributed by atoms with Gasteiger partial charge in [-0.25, -0.2) is 4.79 Å². The molecule has 0 saturated carbocycles. The Morgan fingerprint density at radius 1 is 1.46 bits per heavy atom. The van der Waals surface area contributed by atoms with E-state index in [0.717, 1.165) is 12.8 Å². The molecule has 2 heterocycles. The number of aromatic nitrogens is 1. The van der Waals surface area contributed by atoms with Gasteiger partial charge in [-0.15, -0.1) is 0 Å². The largest absolute Gasteiger partial charge is 0.434 e. The van der Waals surface area contributed by atoms with E-state index in [2.05, 4.69) is 0 Å². The molecule has 70 valence electrons. The summed E-state index contributed by atoms with van der Waals surface area (Å²) in [6.45, 7) is 4.07. The van der Waals surface area contributed by atoms with Crippen molar-refractivity contribution in [1.82, 2.24) is 4.57 Å². The summed E-state index contributed by atoms with van der Waals surface area (Å²) in [5, 5.41) is 0. The molecule has 0 saturated heterocycles. The van der Waals surface area contributed by atoms with Gasteiger partial charge in [0.05, 0.1) is 0 Å². The third-order valence-corrected chi connectivity index (χ3v) is 2.78. The highest BCUT2D eigenvalue weighted by atomic mass is 16.6. The van der Waals surface area contributed by atoms with Crippen LogP contribution in [0, 0.1) is 0 Å². The molecule has 0 amide bonds. The molecule has 2 rings (SSSR count). The van der Waals surface area contributed by atoms with Crippen LogP contribution in [0.15, 0.2) is 18.3 Å². The maximum Gasteiger partial charge on any atom is 0.357 e. The Bertz CT molecular complexity index is 336. The summed E-state index contributed by atoms with van der Waals surface area (Å²) >= 11 is 0. The van der Waals surface area contributed by atoms with E-state index >= 15 is 0 Å². The van der Waals surface area contributed by atoms with Crippen molar-refractivity contribution in [3.05, 3.63) is 24.0 Å². The van der Waals surface area contributed by atoms with Crippen LogP contribution in [0.2, 0.25) is 0 Å². The third kappa shape index (κ3) is 0.930. The zero-order valence-electron chi connectivity index (χ0n) is 7.91. The first-order valence-corrected chi connectivity index (χ1v) is 4.64. The molecule has 0 spiro atoms. The first-order valence-electron chi connectivity index (χ1n) is 4.64. The number of cyclic esters (lactones) is 1. The number of hydrogen-bond donors (Lipinski definition) is 0. The van der Waals surface area contributed by atoms with Crippen molar-refractivity contribution in [3.63, 3.8) is 0 Å². The Labute approximate surface area is 77.3 Å². The van der Waals surface area contributed by atoms with Crippen LogP contribution in [0.1, 0.15) is 37.2 Å². The minimum atomic E-state index is -0.421. The third-order valence-electron chi connectivity index (χ3n) is 2.78. The molecule has 3 heteroatoms. The average Bonchev–Trinajstić information content (AvgIpc) is 2.69. The molecule has 0 atom stereocenters. The highest BCUT2D eigenvalue weighted by Crippen LogP contribution is 2.35. The second kappa shape index (κ2) is 2.62. The minimum absolute atomic E-state index is 0.200. The molecule has 0 fully saturated rings. The number of esters is 1. The van der Waals surface area contributed by atoms with Gasteiger partial charge in [0.25, 0.3) is 0 Å². The van der Waals surface area contributed by atoms with E-state index in [4.69, 9.17) is 4.74 Å². The summed E-state index contributed by atoms with van der Waals surface area (Å²) < 4.78 is 7.32. The lowest BCUT2D eigenvalue weighted by Gasteiger charge is -2.26. The number of ether oxygens (including phenoxy) is 1. The molecule has 0 aromatic carbocycles. The quantitative estimate of drug-likeness (QED) is 0.651. The number of carbonyl (C=O) groups is 1. The summed E-state index contributed by atoms with van der Waals surface area (Å²) in [5.74, 6) is -0.200. The van der Waals surface area contributed by atoms with E-state index in [1.54, 1.807) is 6.07 Å². The van der Waals surface area contributed by atoms with Gasteiger partial charge in [-0.2, -0.15) is 0 Å². The van der Waals surface area contributed by atoms with Crippen LogP contribution < -0.4 is 0 Å². The molecule has 1 aliphatic rings. The van der Waals surface area contributed by atoms with E-state index in [-0.39, 0.29) is 5.97 Å². The lowest BCUT2D eigenvalue weighted by Crippen LogP contribution is -2.30. The van der Waals surface area contributed by atoms with E-state index in [9.17, 15) is 4.79 Å². The van der Waals surface area contributed by atoms with Crippen LogP contribution in [0.25, 0.3) is 0 Å². The number of fused-ring (bicyclic) bond motifs is 1. The smallest absolute Gasteiger partial charge is 0.357 e. The topological polar surface area (TPSA) is 31.2 Å². The van der Waals surface area contributed by atoms with E-state index in [1.807, 2.05) is 30.7 Å². The van der Waals surface area contributed by atoms with E-state index in [1.165, 1.54) is 0 Å². The van der Waals surface area contributed by atoms with Crippen LogP contribution in [-0.4, -0.2) is 10.5 Å². The van der Waals surface area contributed by atoms with Gasteiger partial charge in [0.1, 0.15) is 5.69 Å². The summed E-state index contributed by atoms with van der Waals surface area (Å²) in [4.78, 5) is 11.4. The maximum absolute atomic E-state index is 11.4. The van der Waals surface area contributed by atoms with Crippen LogP contribution in [0.5, 0.6) is 0 Å². The molecule has 0 bridgehead atoms. The molecule has 0 N–H and O–H groups in total. The summed E-state index contributed by atoms with van der Waals surface area (Å²) in [5.41, 5.74) is 0.249. The van der Waals surface area contributed by atoms with Crippen LogP contribution >= 0.6 is 0 Å². The molecular formula is C10H13NO2. The minimum Gasteiger partial charge on any atom is -0.434 e. The summed E-state index contributed by atoms with van der Waals surface area (Å²) in [7, 11) is 0. The number of carbonyl (C=O) groups excluding carboxylic acids is 1. The molecule has 0 unspecified atom stereocenters. The summed E-state index contributed by atoms with van der Waals surface area (Å²) in [6.07, 6.45) is 3.54. The van der Waals surface area contributed by atoms with Gasteiger partial charge in [-0.05, 0) is 12.1 Å². The lowest BCUT2D eigenvalue weighted by molar-refractivity contribution is -0.0492. The van der Waals surface area contributed by atoms with Gasteiger partial charge in [0.2, 0.25) is 0 Å². The van der Waals surface area contributed by atoms with E-state index in [0.29, 0.717) is 5.69 Å². The second-order valence-electron chi connectivity index (χ2n) is 3.31. The van der Waals surface area contributed by atoms with Crippen LogP contribution in [0.4, 0.5) is 0 Å². The van der Waals surface area contributed by atoms with Gasteiger partial charge in [-0.1, -0.05) is 13.8 Å². The fourth-order valence-corrected chi connectivity index (χ4v) is 1.91. The van der Waals surface area contributed by atoms with Crippen molar-refractivity contribution in [2.45, 2.75) is 32.4 Å². The molecule has 1 aliphatic heterocycles. The molecule has 1 aromatic heterocycles. The van der Waals surface area contributed by atoms with Gasteiger partial charge in [0.15, 0.2) is 5.72 Å². The first-order chi connectivity index (χ1) is 6.23. The lowest BCUT2D eigenvalue weighted by atomic mass is 10.1. The standard InChI is InChI=1S/C10H13NO2/c1-3-10(4-2)11-7-5-6-8(11)9(12)13-10/h5-7H,3-4H2,1-2H3. The molecule has 13 heavy (non-hydrogen) atoms. The van der Waals surface area contributed by atoms with Gasteiger partial charge in [-0.3, -0.25) is 0 Å². The Hall–Kier alpha value is -1.25. The number of hydrogen-bond acceptors (Lipinski definition) is 2. The highest BCUT2D eigenvalue weighted by molar-refractivity contribution is 5.89. The van der Waals surface area contributed by atoms with Crippen molar-refractivity contribution in [3.8, 4) is 0 Å². The molecule has 0 aliphatic carbocycles. The van der Waals surface area contributed by atoms with E-state index < -0.39 is 5.72 Å². The number of rotatable bonds is 2. The van der Waals surface area contributed by atoms with Crippen molar-refractivity contribution >= 4 is 5.97 Å². The van der Waals surface area contributed by atoms with Gasteiger partial charge in [0, 0.05) is 19.0 Å². The Morgan fingerprint density at radius 3 is 2.77 bits per heavy atom. The second-order valence-corrected chi connectivity index (χ2v) is 3.31. The average molecular weight is 179 g/mol. The van der Waals surface area contributed by atoms with Crippen molar-refractivity contribution in [2.75, 3.05) is 0 Å². The zero-order valence-corrected chi connectivity index (χ0v) is 7.91. The Kier molecular flexibility index (Phi) is 1.68. The first kappa shape index (κ1) is 8.35. The molecule has 0 radical (unpaired) electrons. The highest BCUT2D eigenvalue weighted by Gasteiger charge is 2.41. The normalized spacial score (nSPS) is 18.5. The fraction of sp³-hybridized carbons (Fsp3) is 0.500. The van der Waals surface area contributed by atoms with Crippen LogP contribution in [-0.2, 0) is 10.5 Å². The van der Waals surface area contributed by atoms with Crippen molar-refractivity contribution in [2.24, 2.45) is 0 Å². The van der Waals surface area contributed by atoms with Gasteiger partial charge >= 0.3 is 5.97 Å². The monoisotopic (exact) mass is 179 g/mol. The predicted octanol–water partition coefficient (Wildman–Crippen LogP) is 2.13. The van der Waals surface area contributed by atoms with Crippen LogP contribution in [0.3, 0.4) is 0 Å². The number of nitrogens with zero attached hydrogens (tertiary/aromatic N) is 1. The summed E-state index contributed by atoms with van der Waals surface area (Å²) in [6, 6.07) is 3.69. The molecule has 3 nitrogen and oxygen atoms in total. The SMILES string of the molecule is CCC1(CC)OC(=O)c2cccn21. The molecule has 1 aromatic rings. The molecular weight excluding hydrogens is 166 g/mol.